The van der Waals surface area contributed by atoms with Crippen molar-refractivity contribution < 1.29 is 12.8 Å². The Bertz CT molecular complexity index is 932. The van der Waals surface area contributed by atoms with Crippen molar-refractivity contribution in [3.05, 3.63) is 89.9 Å². The molecule has 0 spiro atoms. The fourth-order valence-electron chi connectivity index (χ4n) is 3.09. The van der Waals surface area contributed by atoms with Crippen LogP contribution in [0.4, 0.5) is 0 Å². The van der Waals surface area contributed by atoms with Crippen LogP contribution >= 0.6 is 0 Å². The van der Waals surface area contributed by atoms with Crippen LogP contribution < -0.4 is 0 Å². The van der Waals surface area contributed by atoms with Gasteiger partial charge in [0, 0.05) is 5.56 Å². The molecule has 122 valence electrons. The van der Waals surface area contributed by atoms with Crippen LogP contribution in [0, 0.1) is 6.92 Å². The minimum absolute atomic E-state index is 0.199. The number of hydrogen-bond donors (Lipinski definition) is 0. The molecule has 3 atom stereocenters. The lowest BCUT2D eigenvalue weighted by Crippen LogP contribution is -2.13. The van der Waals surface area contributed by atoms with E-state index in [-0.39, 0.29) is 12.1 Å². The SMILES string of the molecule is Cc1ccc(S(=O)(=O)N2[C@H](c3ccccc3)[C@H]2c2ccoc2)cc1. The van der Waals surface area contributed by atoms with Gasteiger partial charge in [0.15, 0.2) is 0 Å². The van der Waals surface area contributed by atoms with Gasteiger partial charge in [-0.05, 0) is 30.7 Å². The van der Waals surface area contributed by atoms with Crippen LogP contribution in [-0.2, 0) is 10.0 Å². The molecule has 2 aromatic carbocycles. The first-order valence-electron chi connectivity index (χ1n) is 7.76. The number of aryl methyl sites for hydroxylation is 1. The maximum absolute atomic E-state index is 13.1. The van der Waals surface area contributed by atoms with Gasteiger partial charge in [-0.2, -0.15) is 4.31 Å². The van der Waals surface area contributed by atoms with Crippen molar-refractivity contribution >= 4 is 10.0 Å². The molecule has 0 radical (unpaired) electrons. The number of rotatable bonds is 4. The van der Waals surface area contributed by atoms with Crippen molar-refractivity contribution in [2.45, 2.75) is 23.9 Å². The van der Waals surface area contributed by atoms with E-state index in [1.165, 1.54) is 0 Å². The minimum atomic E-state index is -3.56. The summed E-state index contributed by atoms with van der Waals surface area (Å²) in [5.41, 5.74) is 2.89. The summed E-state index contributed by atoms with van der Waals surface area (Å²) < 4.78 is 32.9. The van der Waals surface area contributed by atoms with Crippen molar-refractivity contribution in [2.24, 2.45) is 0 Å². The summed E-state index contributed by atoms with van der Waals surface area (Å²) in [6, 6.07) is 18.1. The Morgan fingerprint density at radius 3 is 2.17 bits per heavy atom. The lowest BCUT2D eigenvalue weighted by molar-refractivity contribution is 0.544. The van der Waals surface area contributed by atoms with Gasteiger partial charge in [0.05, 0.1) is 29.5 Å². The lowest BCUT2D eigenvalue weighted by Gasteiger charge is -2.07. The molecule has 1 aliphatic heterocycles. The average Bonchev–Trinajstić information content (AvgIpc) is 3.13. The Hall–Kier alpha value is -2.37. The van der Waals surface area contributed by atoms with Crippen molar-refractivity contribution in [1.29, 1.82) is 0 Å². The first-order chi connectivity index (χ1) is 11.6. The second-order valence-electron chi connectivity index (χ2n) is 6.01. The second-order valence-corrected chi connectivity index (χ2v) is 7.85. The highest BCUT2D eigenvalue weighted by Crippen LogP contribution is 2.57. The first-order valence-corrected chi connectivity index (χ1v) is 9.20. The Morgan fingerprint density at radius 1 is 0.875 bits per heavy atom. The van der Waals surface area contributed by atoms with Crippen LogP contribution in [0.15, 0.2) is 82.5 Å². The molecular formula is C19H17NO3S. The van der Waals surface area contributed by atoms with Gasteiger partial charge in [0.25, 0.3) is 0 Å². The van der Waals surface area contributed by atoms with E-state index < -0.39 is 10.0 Å². The van der Waals surface area contributed by atoms with Crippen LogP contribution in [0.3, 0.4) is 0 Å². The smallest absolute Gasteiger partial charge is 0.244 e. The summed E-state index contributed by atoms with van der Waals surface area (Å²) >= 11 is 0. The third-order valence-corrected chi connectivity index (χ3v) is 6.26. The predicted molar refractivity (Wildman–Crippen MR) is 90.8 cm³/mol. The van der Waals surface area contributed by atoms with Crippen molar-refractivity contribution in [2.75, 3.05) is 0 Å². The van der Waals surface area contributed by atoms with E-state index in [0.29, 0.717) is 4.90 Å². The molecule has 0 bridgehead atoms. The molecule has 1 aliphatic rings. The molecule has 4 rings (SSSR count). The Balaban J connectivity index is 1.76. The van der Waals surface area contributed by atoms with Crippen molar-refractivity contribution in [3.8, 4) is 0 Å². The molecule has 3 aromatic rings. The molecular weight excluding hydrogens is 322 g/mol. The zero-order valence-electron chi connectivity index (χ0n) is 13.2. The van der Waals surface area contributed by atoms with Crippen LogP contribution in [0.1, 0.15) is 28.8 Å². The van der Waals surface area contributed by atoms with Gasteiger partial charge in [-0.1, -0.05) is 48.0 Å². The van der Waals surface area contributed by atoms with Gasteiger partial charge in [-0.25, -0.2) is 8.42 Å². The highest BCUT2D eigenvalue weighted by molar-refractivity contribution is 7.89. The molecule has 5 heteroatoms. The Kier molecular flexibility index (Phi) is 3.55. The summed E-state index contributed by atoms with van der Waals surface area (Å²) in [4.78, 5) is 0.319. The molecule has 24 heavy (non-hydrogen) atoms. The van der Waals surface area contributed by atoms with E-state index >= 15 is 0 Å². The van der Waals surface area contributed by atoms with Gasteiger partial charge in [-0.3, -0.25) is 0 Å². The van der Waals surface area contributed by atoms with E-state index in [1.54, 1.807) is 29.0 Å². The number of furan rings is 1. The molecule has 0 N–H and O–H groups in total. The summed E-state index contributed by atoms with van der Waals surface area (Å²) in [7, 11) is -3.56. The fraction of sp³-hybridized carbons (Fsp3) is 0.158. The molecule has 0 saturated carbocycles. The van der Waals surface area contributed by atoms with Crippen molar-refractivity contribution in [1.82, 2.24) is 4.31 Å². The quantitative estimate of drug-likeness (QED) is 0.673. The molecule has 1 aromatic heterocycles. The van der Waals surface area contributed by atoms with Crippen LogP contribution in [0.2, 0.25) is 0 Å². The summed E-state index contributed by atoms with van der Waals surface area (Å²) in [6.45, 7) is 1.94. The zero-order chi connectivity index (χ0) is 16.7. The standard InChI is InChI=1S/C19H17NO3S/c1-14-7-9-17(10-8-14)24(21,22)20-18(15-5-3-2-4-6-15)19(20)16-11-12-23-13-16/h2-13,18-19H,1H3/t18-,19-,20?/m1/s1. The summed E-state index contributed by atoms with van der Waals surface area (Å²) in [5.74, 6) is 0. The van der Waals surface area contributed by atoms with Gasteiger partial charge in [0.2, 0.25) is 10.0 Å². The summed E-state index contributed by atoms with van der Waals surface area (Å²) in [6.07, 6.45) is 3.19. The predicted octanol–water partition coefficient (Wildman–Crippen LogP) is 4.07. The fourth-order valence-corrected chi connectivity index (χ4v) is 4.84. The second kappa shape index (κ2) is 5.61. The molecule has 0 aliphatic carbocycles. The minimum Gasteiger partial charge on any atom is -0.472 e. The molecule has 4 nitrogen and oxygen atoms in total. The zero-order valence-corrected chi connectivity index (χ0v) is 14.0. The molecule has 1 saturated heterocycles. The maximum Gasteiger partial charge on any atom is 0.244 e. The normalized spacial score (nSPS) is 23.1. The number of nitrogens with zero attached hydrogens (tertiary/aromatic N) is 1. The first kappa shape index (κ1) is 15.2. The molecule has 1 fully saturated rings. The average molecular weight is 339 g/mol. The van der Waals surface area contributed by atoms with Crippen LogP contribution in [0.5, 0.6) is 0 Å². The highest BCUT2D eigenvalue weighted by Gasteiger charge is 2.57. The lowest BCUT2D eigenvalue weighted by atomic mass is 10.1. The van der Waals surface area contributed by atoms with Crippen LogP contribution in [-0.4, -0.2) is 12.7 Å². The van der Waals surface area contributed by atoms with E-state index in [2.05, 4.69) is 0 Å². The van der Waals surface area contributed by atoms with E-state index in [1.807, 2.05) is 55.5 Å². The molecule has 0 amide bonds. The number of hydrogen-bond acceptors (Lipinski definition) is 3. The molecule has 2 heterocycles. The van der Waals surface area contributed by atoms with Gasteiger partial charge < -0.3 is 4.42 Å². The maximum atomic E-state index is 13.1. The third kappa shape index (κ3) is 2.46. The van der Waals surface area contributed by atoms with E-state index in [4.69, 9.17) is 4.42 Å². The highest BCUT2D eigenvalue weighted by atomic mass is 32.2. The summed E-state index contributed by atoms with van der Waals surface area (Å²) in [5, 5.41) is 0. The number of benzene rings is 2. The van der Waals surface area contributed by atoms with Crippen LogP contribution in [0.25, 0.3) is 0 Å². The van der Waals surface area contributed by atoms with Gasteiger partial charge >= 0.3 is 0 Å². The largest absolute Gasteiger partial charge is 0.472 e. The topological polar surface area (TPSA) is 50.3 Å². The monoisotopic (exact) mass is 339 g/mol. The Labute approximate surface area is 141 Å². The van der Waals surface area contributed by atoms with E-state index in [9.17, 15) is 8.42 Å². The molecule has 1 unspecified atom stereocenters. The number of sulfonamides is 1. The van der Waals surface area contributed by atoms with Crippen molar-refractivity contribution in [3.63, 3.8) is 0 Å². The van der Waals surface area contributed by atoms with Gasteiger partial charge in [-0.15, -0.1) is 0 Å². The third-order valence-electron chi connectivity index (χ3n) is 4.38. The Morgan fingerprint density at radius 2 is 1.54 bits per heavy atom. The van der Waals surface area contributed by atoms with Gasteiger partial charge in [0.1, 0.15) is 0 Å². The van der Waals surface area contributed by atoms with E-state index in [0.717, 1.165) is 16.7 Å².